The molecule has 19 heavy (non-hydrogen) atoms. The number of nitrogen functional groups attached to an aromatic ring is 2. The van der Waals surface area contributed by atoms with Crippen LogP contribution in [0.1, 0.15) is 0 Å². The second kappa shape index (κ2) is 8.80. The lowest BCUT2D eigenvalue weighted by Gasteiger charge is -2.06. The Morgan fingerprint density at radius 3 is 1.32 bits per heavy atom. The molecule has 2 rings (SSSR count). The third kappa shape index (κ3) is 15.8. The SMILES string of the molecule is Nc1ccc[nH+]c1.Nc1ccc[nH+]c1.O=S(=O)([O-])[O-]. The molecule has 0 aliphatic rings. The maximum atomic E-state index is 8.52. The number of anilines is 2. The summed E-state index contributed by atoms with van der Waals surface area (Å²) in [6.45, 7) is 0. The Bertz CT molecular complexity index is 503. The van der Waals surface area contributed by atoms with Gasteiger partial charge in [-0.25, -0.2) is 9.97 Å². The normalized spacial score (nSPS) is 9.37. The van der Waals surface area contributed by atoms with Crippen LogP contribution < -0.4 is 21.4 Å². The maximum absolute atomic E-state index is 8.52. The highest BCUT2D eigenvalue weighted by Crippen LogP contribution is 1.89. The van der Waals surface area contributed by atoms with Gasteiger partial charge in [0, 0.05) is 22.5 Å². The Hall–Kier alpha value is -2.23. The topological polar surface area (TPSA) is 161 Å². The molecule has 2 aromatic rings. The molecule has 0 aliphatic heterocycles. The predicted octanol–water partition coefficient (Wildman–Crippen LogP) is -1.17. The van der Waals surface area contributed by atoms with Crippen LogP contribution in [0.4, 0.5) is 11.4 Å². The lowest BCUT2D eigenvalue weighted by Crippen LogP contribution is -1.99. The molecule has 2 aromatic heterocycles. The largest absolute Gasteiger partial charge is 0.759 e. The van der Waals surface area contributed by atoms with E-state index in [0.29, 0.717) is 0 Å². The van der Waals surface area contributed by atoms with Crippen LogP contribution in [0, 0.1) is 0 Å². The number of pyridine rings is 2. The van der Waals surface area contributed by atoms with Gasteiger partial charge in [0.1, 0.15) is 0 Å². The molecule has 0 bridgehead atoms. The minimum atomic E-state index is -5.17. The molecule has 0 saturated heterocycles. The van der Waals surface area contributed by atoms with Crippen molar-refractivity contribution in [3.8, 4) is 0 Å². The van der Waals surface area contributed by atoms with E-state index in [1.54, 1.807) is 12.4 Å². The van der Waals surface area contributed by atoms with Crippen molar-refractivity contribution in [1.29, 1.82) is 0 Å². The molecule has 0 aliphatic carbocycles. The molecule has 2 heterocycles. The quantitative estimate of drug-likeness (QED) is 0.458. The molecule has 0 spiro atoms. The smallest absolute Gasteiger partial charge is 0.190 e. The van der Waals surface area contributed by atoms with E-state index in [1.165, 1.54) is 0 Å². The third-order valence-electron chi connectivity index (χ3n) is 1.46. The van der Waals surface area contributed by atoms with Crippen LogP contribution >= 0.6 is 0 Å². The van der Waals surface area contributed by atoms with Gasteiger partial charge in [0.15, 0.2) is 24.8 Å². The van der Waals surface area contributed by atoms with Crippen molar-refractivity contribution < 1.29 is 27.5 Å². The molecule has 0 radical (unpaired) electrons. The lowest BCUT2D eigenvalue weighted by atomic mass is 10.4. The van der Waals surface area contributed by atoms with E-state index in [4.69, 9.17) is 29.0 Å². The molecule has 0 atom stereocenters. The molecule has 104 valence electrons. The van der Waals surface area contributed by atoms with E-state index < -0.39 is 10.4 Å². The number of aromatic nitrogens is 2. The zero-order valence-electron chi connectivity index (χ0n) is 9.81. The Morgan fingerprint density at radius 2 is 1.21 bits per heavy atom. The summed E-state index contributed by atoms with van der Waals surface area (Å²) in [6.07, 6.45) is 7.10. The Labute approximate surface area is 110 Å². The van der Waals surface area contributed by atoms with Crippen LogP contribution in [0.15, 0.2) is 49.1 Å². The first-order valence-corrected chi connectivity index (χ1v) is 6.22. The van der Waals surface area contributed by atoms with Crippen molar-refractivity contribution in [3.63, 3.8) is 0 Å². The summed E-state index contributed by atoms with van der Waals surface area (Å²) in [4.78, 5) is 5.67. The summed E-state index contributed by atoms with van der Waals surface area (Å²) in [5.41, 5.74) is 12.2. The molecule has 8 nitrogen and oxygen atoms in total. The number of hydrogen-bond donors (Lipinski definition) is 2. The molecule has 0 saturated carbocycles. The standard InChI is InChI=1S/2C5H6N2.H2O4S/c2*6-5-2-1-3-7-4-5;1-5(2,3)4/h2*1-4H,6H2;(H2,1,2,3,4). The monoisotopic (exact) mass is 286 g/mol. The number of nitrogens with one attached hydrogen (secondary N) is 2. The van der Waals surface area contributed by atoms with Gasteiger partial charge < -0.3 is 20.6 Å². The maximum Gasteiger partial charge on any atom is 0.190 e. The Morgan fingerprint density at radius 1 is 0.895 bits per heavy atom. The van der Waals surface area contributed by atoms with Gasteiger partial charge in [-0.1, -0.05) is 0 Å². The third-order valence-corrected chi connectivity index (χ3v) is 1.46. The van der Waals surface area contributed by atoms with Crippen LogP contribution in [-0.2, 0) is 10.4 Å². The van der Waals surface area contributed by atoms with Gasteiger partial charge in [0.2, 0.25) is 0 Å². The summed E-state index contributed by atoms with van der Waals surface area (Å²) >= 11 is 0. The minimum absolute atomic E-state index is 0.766. The molecular weight excluding hydrogens is 272 g/mol. The molecule has 0 fully saturated rings. The Balaban J connectivity index is 0.000000261. The van der Waals surface area contributed by atoms with E-state index in [1.807, 2.05) is 36.7 Å². The van der Waals surface area contributed by atoms with Gasteiger partial charge in [-0.2, -0.15) is 0 Å². The highest BCUT2D eigenvalue weighted by molar-refractivity contribution is 7.79. The van der Waals surface area contributed by atoms with Crippen molar-refractivity contribution in [3.05, 3.63) is 49.1 Å². The van der Waals surface area contributed by atoms with Crippen molar-refractivity contribution in [2.75, 3.05) is 11.5 Å². The molecule has 0 unspecified atom stereocenters. The van der Waals surface area contributed by atoms with Gasteiger partial charge in [0.05, 0.1) is 11.4 Å². The average Bonchev–Trinajstić information content (AvgIpc) is 2.29. The van der Waals surface area contributed by atoms with Gasteiger partial charge in [-0.05, 0) is 12.1 Å². The summed E-state index contributed by atoms with van der Waals surface area (Å²) in [7, 11) is -5.17. The average molecular weight is 286 g/mol. The summed E-state index contributed by atoms with van der Waals surface area (Å²) in [5, 5.41) is 0. The van der Waals surface area contributed by atoms with E-state index in [0.717, 1.165) is 11.4 Å². The van der Waals surface area contributed by atoms with Crippen LogP contribution in [0.5, 0.6) is 0 Å². The fourth-order valence-electron chi connectivity index (χ4n) is 0.814. The fourth-order valence-corrected chi connectivity index (χ4v) is 0.814. The first-order chi connectivity index (χ1) is 8.79. The zero-order chi connectivity index (χ0) is 14.7. The summed E-state index contributed by atoms with van der Waals surface area (Å²) < 4.78 is 34.1. The number of H-pyrrole nitrogens is 2. The van der Waals surface area contributed by atoms with Crippen LogP contribution in [0.25, 0.3) is 0 Å². The fraction of sp³-hybridized carbons (Fsp3) is 0. The zero-order valence-corrected chi connectivity index (χ0v) is 10.6. The number of aromatic amines is 2. The number of nitrogens with two attached hydrogens (primary N) is 2. The van der Waals surface area contributed by atoms with E-state index in [2.05, 4.69) is 9.97 Å². The first kappa shape index (κ1) is 16.8. The van der Waals surface area contributed by atoms with Crippen LogP contribution in [0.3, 0.4) is 0 Å². The van der Waals surface area contributed by atoms with E-state index in [-0.39, 0.29) is 0 Å². The van der Waals surface area contributed by atoms with Gasteiger partial charge in [0.25, 0.3) is 0 Å². The van der Waals surface area contributed by atoms with Crippen molar-refractivity contribution in [2.24, 2.45) is 0 Å². The summed E-state index contributed by atoms with van der Waals surface area (Å²) in [5.74, 6) is 0. The minimum Gasteiger partial charge on any atom is -0.759 e. The molecule has 9 heteroatoms. The predicted molar refractivity (Wildman–Crippen MR) is 65.3 cm³/mol. The van der Waals surface area contributed by atoms with Crippen molar-refractivity contribution >= 4 is 21.8 Å². The first-order valence-electron chi connectivity index (χ1n) is 4.89. The van der Waals surface area contributed by atoms with Crippen LogP contribution in [-0.4, -0.2) is 17.5 Å². The molecular formula is C10H14N4O4S. The van der Waals surface area contributed by atoms with Gasteiger partial charge >= 0.3 is 0 Å². The highest BCUT2D eigenvalue weighted by atomic mass is 32.3. The van der Waals surface area contributed by atoms with Gasteiger partial charge in [-0.15, -0.1) is 0 Å². The number of hydrogen-bond acceptors (Lipinski definition) is 6. The van der Waals surface area contributed by atoms with Crippen molar-refractivity contribution in [1.82, 2.24) is 0 Å². The van der Waals surface area contributed by atoms with Crippen LogP contribution in [0.2, 0.25) is 0 Å². The molecule has 0 aromatic carbocycles. The Kier molecular flexibility index (Phi) is 7.77. The molecule has 6 N–H and O–H groups in total. The highest BCUT2D eigenvalue weighted by Gasteiger charge is 1.80. The molecule has 0 amide bonds. The number of rotatable bonds is 0. The van der Waals surface area contributed by atoms with Gasteiger partial charge in [-0.3, -0.25) is 8.42 Å². The second-order valence-corrected chi connectivity index (χ2v) is 3.90. The van der Waals surface area contributed by atoms with E-state index >= 15 is 0 Å². The lowest BCUT2D eigenvalue weighted by molar-refractivity contribution is -0.377. The van der Waals surface area contributed by atoms with Crippen molar-refractivity contribution in [2.45, 2.75) is 0 Å². The van der Waals surface area contributed by atoms with E-state index in [9.17, 15) is 0 Å². The summed E-state index contributed by atoms with van der Waals surface area (Å²) in [6, 6.07) is 7.37. The second-order valence-electron chi connectivity index (χ2n) is 3.08.